The maximum atomic E-state index is 11.5. The smallest absolute Gasteiger partial charge is 0.273 e. The number of thiocarbonyl (C=S) groups is 1. The van der Waals surface area contributed by atoms with Gasteiger partial charge in [0.1, 0.15) is 11.4 Å². The normalized spacial score (nSPS) is 16.0. The minimum absolute atomic E-state index is 0.198. The summed E-state index contributed by atoms with van der Waals surface area (Å²) >= 11 is 4.88. The standard InChI is InChI=1S/C16H20N2O2S/c1-2-3-4-5-10-20-13-8-6-12(7-9-13)11-14-15(19)18-16(21)17-14/h6-9,11H,2-5,10H2,1H3,(H2,17,18,19,21)/b14-11-. The van der Waals surface area contributed by atoms with E-state index in [0.29, 0.717) is 10.8 Å². The lowest BCUT2D eigenvalue weighted by atomic mass is 10.2. The molecule has 0 aromatic heterocycles. The van der Waals surface area contributed by atoms with Crippen molar-refractivity contribution in [1.82, 2.24) is 10.6 Å². The zero-order valence-corrected chi connectivity index (χ0v) is 13.0. The van der Waals surface area contributed by atoms with E-state index in [1.54, 1.807) is 6.08 Å². The lowest BCUT2D eigenvalue weighted by molar-refractivity contribution is -0.115. The van der Waals surface area contributed by atoms with E-state index < -0.39 is 0 Å². The van der Waals surface area contributed by atoms with Gasteiger partial charge in [0.15, 0.2) is 5.11 Å². The SMILES string of the molecule is CCCCCCOc1ccc(/C=C2\NC(=S)NC2=O)cc1. The number of rotatable bonds is 7. The second-order valence-corrected chi connectivity index (χ2v) is 5.35. The summed E-state index contributed by atoms with van der Waals surface area (Å²) in [6.07, 6.45) is 6.55. The van der Waals surface area contributed by atoms with Gasteiger partial charge in [-0.1, -0.05) is 38.3 Å². The van der Waals surface area contributed by atoms with Crippen LogP contribution in [0.1, 0.15) is 38.2 Å². The second kappa shape index (κ2) is 7.78. The summed E-state index contributed by atoms with van der Waals surface area (Å²) in [6.45, 7) is 2.94. The highest BCUT2D eigenvalue weighted by atomic mass is 32.1. The molecule has 2 N–H and O–H groups in total. The fraction of sp³-hybridized carbons (Fsp3) is 0.375. The molecule has 0 spiro atoms. The molecule has 1 aromatic rings. The van der Waals surface area contributed by atoms with Gasteiger partial charge in [-0.2, -0.15) is 0 Å². The van der Waals surface area contributed by atoms with Gasteiger partial charge < -0.3 is 10.1 Å². The van der Waals surface area contributed by atoms with Crippen molar-refractivity contribution in [3.8, 4) is 5.75 Å². The predicted octanol–water partition coefficient (Wildman–Crippen LogP) is 2.99. The van der Waals surface area contributed by atoms with E-state index in [-0.39, 0.29) is 5.91 Å². The molecule has 5 heteroatoms. The van der Waals surface area contributed by atoms with Crippen LogP contribution in [-0.4, -0.2) is 17.6 Å². The van der Waals surface area contributed by atoms with Crippen molar-refractivity contribution in [3.63, 3.8) is 0 Å². The second-order valence-electron chi connectivity index (χ2n) is 4.94. The summed E-state index contributed by atoms with van der Waals surface area (Å²) < 4.78 is 5.68. The number of unbranched alkanes of at least 4 members (excludes halogenated alkanes) is 3. The number of benzene rings is 1. The van der Waals surface area contributed by atoms with Crippen molar-refractivity contribution >= 4 is 29.3 Å². The summed E-state index contributed by atoms with van der Waals surface area (Å²) in [5.74, 6) is 0.657. The maximum Gasteiger partial charge on any atom is 0.273 e. The molecule has 0 bridgehead atoms. The topological polar surface area (TPSA) is 50.4 Å². The first kappa shape index (κ1) is 15.5. The van der Waals surface area contributed by atoms with E-state index in [4.69, 9.17) is 17.0 Å². The molecule has 1 aliphatic rings. The molecule has 1 heterocycles. The van der Waals surface area contributed by atoms with Gasteiger partial charge in [-0.15, -0.1) is 0 Å². The van der Waals surface area contributed by atoms with Crippen molar-refractivity contribution < 1.29 is 9.53 Å². The van der Waals surface area contributed by atoms with Crippen molar-refractivity contribution in [2.75, 3.05) is 6.61 Å². The molecule has 1 aliphatic heterocycles. The highest BCUT2D eigenvalue weighted by Crippen LogP contribution is 2.15. The van der Waals surface area contributed by atoms with E-state index in [1.165, 1.54) is 19.3 Å². The van der Waals surface area contributed by atoms with Crippen molar-refractivity contribution in [3.05, 3.63) is 35.5 Å². The number of ether oxygens (including phenoxy) is 1. The summed E-state index contributed by atoms with van der Waals surface area (Å²) in [7, 11) is 0. The zero-order chi connectivity index (χ0) is 15.1. The Bertz CT molecular complexity index is 538. The van der Waals surface area contributed by atoms with E-state index >= 15 is 0 Å². The predicted molar refractivity (Wildman–Crippen MR) is 87.9 cm³/mol. The van der Waals surface area contributed by atoms with Crippen LogP contribution in [0.3, 0.4) is 0 Å². The molecule has 0 saturated carbocycles. The number of hydrogen-bond acceptors (Lipinski definition) is 3. The molecule has 0 unspecified atom stereocenters. The third-order valence-corrected chi connectivity index (χ3v) is 3.38. The van der Waals surface area contributed by atoms with Crippen LogP contribution in [0.2, 0.25) is 0 Å². The average molecular weight is 304 g/mol. The zero-order valence-electron chi connectivity index (χ0n) is 12.1. The Hall–Kier alpha value is -1.88. The molecule has 0 radical (unpaired) electrons. The molecule has 112 valence electrons. The Morgan fingerprint density at radius 3 is 2.52 bits per heavy atom. The lowest BCUT2D eigenvalue weighted by Crippen LogP contribution is -2.21. The highest BCUT2D eigenvalue weighted by Gasteiger charge is 2.19. The number of hydrogen-bond donors (Lipinski definition) is 2. The van der Waals surface area contributed by atoms with Crippen molar-refractivity contribution in [2.24, 2.45) is 0 Å². The van der Waals surface area contributed by atoms with Crippen LogP contribution >= 0.6 is 12.2 Å². The molecule has 1 fully saturated rings. The number of amides is 1. The van der Waals surface area contributed by atoms with Crippen LogP contribution in [-0.2, 0) is 4.79 Å². The summed E-state index contributed by atoms with van der Waals surface area (Å²) in [6, 6.07) is 7.67. The molecular formula is C16H20N2O2S. The Labute approximate surface area is 130 Å². The monoisotopic (exact) mass is 304 g/mol. The Kier molecular flexibility index (Phi) is 5.75. The van der Waals surface area contributed by atoms with Crippen LogP contribution in [0.25, 0.3) is 6.08 Å². The van der Waals surface area contributed by atoms with Gasteiger partial charge in [-0.3, -0.25) is 10.1 Å². The van der Waals surface area contributed by atoms with Crippen LogP contribution < -0.4 is 15.4 Å². The molecular weight excluding hydrogens is 284 g/mol. The first-order valence-electron chi connectivity index (χ1n) is 7.26. The fourth-order valence-corrected chi connectivity index (χ4v) is 2.23. The Balaban J connectivity index is 1.86. The third-order valence-electron chi connectivity index (χ3n) is 3.18. The quantitative estimate of drug-likeness (QED) is 0.462. The van der Waals surface area contributed by atoms with Crippen LogP contribution in [0.15, 0.2) is 30.0 Å². The summed E-state index contributed by atoms with van der Waals surface area (Å²) in [5, 5.41) is 5.70. The third kappa shape index (κ3) is 4.86. The van der Waals surface area contributed by atoms with E-state index in [1.807, 2.05) is 24.3 Å². The largest absolute Gasteiger partial charge is 0.494 e. The lowest BCUT2D eigenvalue weighted by Gasteiger charge is -2.06. The van der Waals surface area contributed by atoms with Crippen molar-refractivity contribution in [1.29, 1.82) is 0 Å². The van der Waals surface area contributed by atoms with E-state index in [9.17, 15) is 4.79 Å². The van der Waals surface area contributed by atoms with E-state index in [2.05, 4.69) is 17.6 Å². The van der Waals surface area contributed by atoms with Gasteiger partial charge in [0.05, 0.1) is 6.61 Å². The van der Waals surface area contributed by atoms with Crippen LogP contribution in [0.5, 0.6) is 5.75 Å². The number of carbonyl (C=O) groups excluding carboxylic acids is 1. The summed E-state index contributed by atoms with van der Waals surface area (Å²) in [4.78, 5) is 11.5. The average Bonchev–Trinajstić information content (AvgIpc) is 2.78. The van der Waals surface area contributed by atoms with Gasteiger partial charge in [-0.05, 0) is 42.4 Å². The van der Waals surface area contributed by atoms with Gasteiger partial charge in [-0.25, -0.2) is 0 Å². The number of carbonyl (C=O) groups is 1. The molecule has 21 heavy (non-hydrogen) atoms. The van der Waals surface area contributed by atoms with Crippen LogP contribution in [0.4, 0.5) is 0 Å². The molecule has 1 saturated heterocycles. The fourth-order valence-electron chi connectivity index (χ4n) is 2.03. The molecule has 4 nitrogen and oxygen atoms in total. The Morgan fingerprint density at radius 1 is 1.14 bits per heavy atom. The first-order chi connectivity index (χ1) is 10.2. The highest BCUT2D eigenvalue weighted by molar-refractivity contribution is 7.80. The van der Waals surface area contributed by atoms with Gasteiger partial charge in [0, 0.05) is 0 Å². The Morgan fingerprint density at radius 2 is 1.90 bits per heavy atom. The minimum Gasteiger partial charge on any atom is -0.494 e. The van der Waals surface area contributed by atoms with Crippen LogP contribution in [0, 0.1) is 0 Å². The maximum absolute atomic E-state index is 11.5. The van der Waals surface area contributed by atoms with Gasteiger partial charge >= 0.3 is 0 Å². The minimum atomic E-state index is -0.198. The molecule has 2 rings (SSSR count). The van der Waals surface area contributed by atoms with Gasteiger partial charge in [0.2, 0.25) is 0 Å². The van der Waals surface area contributed by atoms with Crippen molar-refractivity contribution in [2.45, 2.75) is 32.6 Å². The van der Waals surface area contributed by atoms with Gasteiger partial charge in [0.25, 0.3) is 5.91 Å². The molecule has 1 aromatic carbocycles. The van der Waals surface area contributed by atoms with E-state index in [0.717, 1.165) is 24.3 Å². The number of nitrogens with one attached hydrogen (secondary N) is 2. The molecule has 0 atom stereocenters. The molecule has 0 aliphatic carbocycles. The molecule has 1 amide bonds. The first-order valence-corrected chi connectivity index (χ1v) is 7.67. The summed E-state index contributed by atoms with van der Waals surface area (Å²) in [5.41, 5.74) is 1.39.